The van der Waals surface area contributed by atoms with Gasteiger partial charge in [-0.25, -0.2) is 8.42 Å². The number of rotatable bonds is 4. The molecule has 0 aliphatic carbocycles. The van der Waals surface area contributed by atoms with Crippen LogP contribution in [0.3, 0.4) is 0 Å². The van der Waals surface area contributed by atoms with Crippen LogP contribution in [0.4, 0.5) is 5.69 Å². The van der Waals surface area contributed by atoms with Crippen LogP contribution in [0.15, 0.2) is 51.8 Å². The van der Waals surface area contributed by atoms with E-state index in [0.717, 1.165) is 5.56 Å². The molecule has 2 aromatic carbocycles. The number of hydrogen-bond donors (Lipinski definition) is 1. The molecule has 26 heavy (non-hydrogen) atoms. The van der Waals surface area contributed by atoms with Gasteiger partial charge in [-0.05, 0) is 52.7 Å². The SMILES string of the molecule is Cc1ccccc1NC(=O)c1ccc(Br)c(S(=O)(=O)N2CCOCC2)c1. The fourth-order valence-corrected chi connectivity index (χ4v) is 5.03. The van der Waals surface area contributed by atoms with Gasteiger partial charge in [-0.3, -0.25) is 4.79 Å². The fraction of sp³-hybridized carbons (Fsp3) is 0.278. The number of ether oxygens (including phenoxy) is 1. The maximum atomic E-state index is 12.9. The van der Waals surface area contributed by atoms with E-state index in [2.05, 4.69) is 21.2 Å². The highest BCUT2D eigenvalue weighted by Crippen LogP contribution is 2.27. The normalized spacial score (nSPS) is 15.6. The van der Waals surface area contributed by atoms with Gasteiger partial charge in [0.1, 0.15) is 0 Å². The monoisotopic (exact) mass is 438 g/mol. The zero-order chi connectivity index (χ0) is 18.7. The third-order valence-electron chi connectivity index (χ3n) is 4.17. The number of aryl methyl sites for hydroxylation is 1. The van der Waals surface area contributed by atoms with Crippen LogP contribution in [0.5, 0.6) is 0 Å². The minimum atomic E-state index is -3.70. The van der Waals surface area contributed by atoms with Crippen molar-refractivity contribution in [2.75, 3.05) is 31.6 Å². The Bertz CT molecular complexity index is 925. The summed E-state index contributed by atoms with van der Waals surface area (Å²) in [5.41, 5.74) is 1.90. The van der Waals surface area contributed by atoms with E-state index in [0.29, 0.717) is 36.5 Å². The second kappa shape index (κ2) is 7.87. The molecule has 8 heteroatoms. The predicted molar refractivity (Wildman–Crippen MR) is 103 cm³/mol. The number of hydrogen-bond acceptors (Lipinski definition) is 4. The van der Waals surface area contributed by atoms with Gasteiger partial charge >= 0.3 is 0 Å². The van der Waals surface area contributed by atoms with Crippen molar-refractivity contribution in [1.82, 2.24) is 4.31 Å². The van der Waals surface area contributed by atoms with E-state index in [9.17, 15) is 13.2 Å². The molecule has 0 spiro atoms. The molecule has 0 bridgehead atoms. The molecule has 1 fully saturated rings. The number of anilines is 1. The first kappa shape index (κ1) is 19.0. The summed E-state index contributed by atoms with van der Waals surface area (Å²) in [7, 11) is -3.70. The summed E-state index contributed by atoms with van der Waals surface area (Å²) in [5.74, 6) is -0.356. The lowest BCUT2D eigenvalue weighted by Crippen LogP contribution is -2.40. The first-order chi connectivity index (χ1) is 12.4. The second-order valence-electron chi connectivity index (χ2n) is 5.93. The molecule has 1 saturated heterocycles. The fourth-order valence-electron chi connectivity index (χ4n) is 2.68. The number of carbonyl (C=O) groups excluding carboxylic acids is 1. The van der Waals surface area contributed by atoms with Gasteiger partial charge in [0.15, 0.2) is 0 Å². The van der Waals surface area contributed by atoms with Gasteiger partial charge in [0.05, 0.1) is 18.1 Å². The Balaban J connectivity index is 1.90. The Hall–Kier alpha value is -1.74. The number of para-hydroxylation sites is 1. The highest BCUT2D eigenvalue weighted by Gasteiger charge is 2.29. The summed E-state index contributed by atoms with van der Waals surface area (Å²) >= 11 is 3.29. The summed E-state index contributed by atoms with van der Waals surface area (Å²) in [5, 5.41) is 2.82. The summed E-state index contributed by atoms with van der Waals surface area (Å²) in [6.45, 7) is 3.23. The van der Waals surface area contributed by atoms with Gasteiger partial charge in [-0.1, -0.05) is 18.2 Å². The zero-order valence-corrected chi connectivity index (χ0v) is 16.6. The van der Waals surface area contributed by atoms with Crippen molar-refractivity contribution in [2.24, 2.45) is 0 Å². The second-order valence-corrected chi connectivity index (χ2v) is 8.69. The molecular weight excluding hydrogens is 420 g/mol. The van der Waals surface area contributed by atoms with Crippen LogP contribution in [0.25, 0.3) is 0 Å². The minimum Gasteiger partial charge on any atom is -0.379 e. The topological polar surface area (TPSA) is 75.7 Å². The van der Waals surface area contributed by atoms with Crippen LogP contribution in [0.2, 0.25) is 0 Å². The van der Waals surface area contributed by atoms with Crippen molar-refractivity contribution in [3.63, 3.8) is 0 Å². The van der Waals surface area contributed by atoms with Gasteiger partial charge in [0.25, 0.3) is 5.91 Å². The van der Waals surface area contributed by atoms with Gasteiger partial charge < -0.3 is 10.1 Å². The molecule has 1 aliphatic rings. The minimum absolute atomic E-state index is 0.0804. The number of nitrogens with zero attached hydrogens (tertiary/aromatic N) is 1. The summed E-state index contributed by atoms with van der Waals surface area (Å²) in [6.07, 6.45) is 0. The Labute approximate surface area is 161 Å². The first-order valence-electron chi connectivity index (χ1n) is 8.14. The smallest absolute Gasteiger partial charge is 0.255 e. The third-order valence-corrected chi connectivity index (χ3v) is 7.07. The molecule has 1 aliphatic heterocycles. The maximum Gasteiger partial charge on any atom is 0.255 e. The zero-order valence-electron chi connectivity index (χ0n) is 14.2. The lowest BCUT2D eigenvalue weighted by Gasteiger charge is -2.26. The van der Waals surface area contributed by atoms with Crippen LogP contribution in [0, 0.1) is 6.92 Å². The van der Waals surface area contributed by atoms with Crippen molar-refractivity contribution < 1.29 is 17.9 Å². The van der Waals surface area contributed by atoms with Gasteiger partial charge in [-0.2, -0.15) is 4.31 Å². The number of benzene rings is 2. The number of carbonyl (C=O) groups is 1. The average molecular weight is 439 g/mol. The molecule has 0 aromatic heterocycles. The van der Waals surface area contributed by atoms with Crippen LogP contribution >= 0.6 is 15.9 Å². The van der Waals surface area contributed by atoms with Crippen molar-refractivity contribution in [1.29, 1.82) is 0 Å². The van der Waals surface area contributed by atoms with Gasteiger partial charge in [-0.15, -0.1) is 0 Å². The molecule has 3 rings (SSSR count). The van der Waals surface area contributed by atoms with Crippen molar-refractivity contribution in [3.8, 4) is 0 Å². The molecule has 0 atom stereocenters. The lowest BCUT2D eigenvalue weighted by atomic mass is 10.1. The summed E-state index contributed by atoms with van der Waals surface area (Å²) in [6, 6.07) is 12.0. The molecule has 2 aromatic rings. The van der Waals surface area contributed by atoms with E-state index in [1.807, 2.05) is 25.1 Å². The Morgan fingerprint density at radius 1 is 1.15 bits per heavy atom. The Morgan fingerprint density at radius 2 is 1.85 bits per heavy atom. The largest absolute Gasteiger partial charge is 0.379 e. The van der Waals surface area contributed by atoms with E-state index in [1.165, 1.54) is 10.4 Å². The van der Waals surface area contributed by atoms with E-state index in [-0.39, 0.29) is 16.4 Å². The predicted octanol–water partition coefficient (Wildman–Crippen LogP) is 3.03. The number of halogens is 1. The van der Waals surface area contributed by atoms with Crippen molar-refractivity contribution in [3.05, 3.63) is 58.1 Å². The van der Waals surface area contributed by atoms with Crippen LogP contribution in [-0.2, 0) is 14.8 Å². The average Bonchev–Trinajstić information content (AvgIpc) is 2.64. The van der Waals surface area contributed by atoms with E-state index in [1.54, 1.807) is 18.2 Å². The molecule has 1 heterocycles. The van der Waals surface area contributed by atoms with Crippen molar-refractivity contribution in [2.45, 2.75) is 11.8 Å². The standard InChI is InChI=1S/C18H19BrN2O4S/c1-13-4-2-3-5-16(13)20-18(22)14-6-7-15(19)17(12-14)26(23,24)21-8-10-25-11-9-21/h2-7,12H,8-11H2,1H3,(H,20,22). The van der Waals surface area contributed by atoms with Crippen molar-refractivity contribution >= 4 is 37.5 Å². The Kier molecular flexibility index (Phi) is 5.76. The number of nitrogens with one attached hydrogen (secondary N) is 1. The van der Waals surface area contributed by atoms with Gasteiger partial charge in [0, 0.05) is 28.8 Å². The lowest BCUT2D eigenvalue weighted by molar-refractivity contribution is 0.0730. The molecule has 1 N–H and O–H groups in total. The number of morpholine rings is 1. The van der Waals surface area contributed by atoms with Gasteiger partial charge in [0.2, 0.25) is 10.0 Å². The van der Waals surface area contributed by atoms with Crippen LogP contribution < -0.4 is 5.32 Å². The molecule has 138 valence electrons. The molecular formula is C18H19BrN2O4S. The van der Waals surface area contributed by atoms with Crippen LogP contribution in [-0.4, -0.2) is 44.9 Å². The summed E-state index contributed by atoms with van der Waals surface area (Å²) in [4.78, 5) is 12.7. The van der Waals surface area contributed by atoms with E-state index in [4.69, 9.17) is 4.74 Å². The summed E-state index contributed by atoms with van der Waals surface area (Å²) < 4.78 is 32.8. The Morgan fingerprint density at radius 3 is 2.54 bits per heavy atom. The number of sulfonamides is 1. The maximum absolute atomic E-state index is 12.9. The highest BCUT2D eigenvalue weighted by atomic mass is 79.9. The quantitative estimate of drug-likeness (QED) is 0.795. The molecule has 0 unspecified atom stereocenters. The third kappa shape index (κ3) is 3.98. The highest BCUT2D eigenvalue weighted by molar-refractivity contribution is 9.10. The first-order valence-corrected chi connectivity index (χ1v) is 10.4. The number of amides is 1. The molecule has 1 amide bonds. The van der Waals surface area contributed by atoms with E-state index < -0.39 is 10.0 Å². The molecule has 6 nitrogen and oxygen atoms in total. The molecule has 0 saturated carbocycles. The van der Waals surface area contributed by atoms with E-state index >= 15 is 0 Å². The molecule has 0 radical (unpaired) electrons. The van der Waals surface area contributed by atoms with Crippen LogP contribution in [0.1, 0.15) is 15.9 Å².